The summed E-state index contributed by atoms with van der Waals surface area (Å²) in [5.74, 6) is 0.372. The molecule has 0 heterocycles. The van der Waals surface area contributed by atoms with Crippen molar-refractivity contribution in [3.63, 3.8) is 0 Å². The number of carbonyl (C=O) groups excluding carboxylic acids is 1. The summed E-state index contributed by atoms with van der Waals surface area (Å²) in [6.45, 7) is 1.06. The van der Waals surface area contributed by atoms with Gasteiger partial charge in [0.2, 0.25) is 0 Å². The number of aryl methyl sites for hydroxylation is 1. The van der Waals surface area contributed by atoms with Crippen molar-refractivity contribution >= 4 is 5.91 Å². The van der Waals surface area contributed by atoms with Gasteiger partial charge >= 0.3 is 0 Å². The Balaban J connectivity index is 1.74. The standard InChI is InChI=1S/C21H23N3O2/c1-26-20-11-9-18(10-12-20)15-24-21(25)19(14-22)16-23-13-5-8-17-6-3-2-4-7-17/h2-4,6-7,9-12,16,23H,5,8,13,15H2,1H3,(H,24,25)/b19-16-. The average molecular weight is 349 g/mol. The van der Waals surface area contributed by atoms with Gasteiger partial charge in [-0.1, -0.05) is 42.5 Å². The molecule has 0 spiro atoms. The lowest BCUT2D eigenvalue weighted by molar-refractivity contribution is -0.117. The molecule has 134 valence electrons. The number of carbonyl (C=O) groups is 1. The Morgan fingerprint density at radius 2 is 1.85 bits per heavy atom. The summed E-state index contributed by atoms with van der Waals surface area (Å²) < 4.78 is 5.09. The Labute approximate surface area is 154 Å². The molecule has 0 aliphatic rings. The minimum absolute atomic E-state index is 0.0678. The largest absolute Gasteiger partial charge is 0.497 e. The number of hydrogen-bond acceptors (Lipinski definition) is 4. The highest BCUT2D eigenvalue weighted by molar-refractivity contribution is 5.97. The zero-order chi connectivity index (χ0) is 18.6. The molecule has 1 amide bonds. The van der Waals surface area contributed by atoms with Crippen LogP contribution in [0.15, 0.2) is 66.4 Å². The second-order valence-electron chi connectivity index (χ2n) is 5.74. The van der Waals surface area contributed by atoms with Gasteiger partial charge in [-0.2, -0.15) is 5.26 Å². The van der Waals surface area contributed by atoms with Crippen molar-refractivity contribution in [2.75, 3.05) is 13.7 Å². The Hall–Kier alpha value is -3.26. The fourth-order valence-electron chi connectivity index (χ4n) is 2.38. The molecule has 0 aliphatic carbocycles. The van der Waals surface area contributed by atoms with Gasteiger partial charge in [-0.3, -0.25) is 4.79 Å². The molecule has 2 aromatic carbocycles. The van der Waals surface area contributed by atoms with Crippen LogP contribution >= 0.6 is 0 Å². The Kier molecular flexibility index (Phi) is 7.75. The van der Waals surface area contributed by atoms with Crippen LogP contribution in [0.25, 0.3) is 0 Å². The number of ether oxygens (including phenoxy) is 1. The van der Waals surface area contributed by atoms with Gasteiger partial charge in [0, 0.05) is 19.3 Å². The minimum atomic E-state index is -0.390. The molecule has 0 radical (unpaired) electrons. The molecule has 0 fully saturated rings. The molecule has 0 aromatic heterocycles. The van der Waals surface area contributed by atoms with Crippen LogP contribution in [0, 0.1) is 11.3 Å². The van der Waals surface area contributed by atoms with Gasteiger partial charge in [0.25, 0.3) is 5.91 Å². The molecular formula is C21H23N3O2. The Morgan fingerprint density at radius 3 is 2.50 bits per heavy atom. The first-order valence-electron chi connectivity index (χ1n) is 8.51. The lowest BCUT2D eigenvalue weighted by Crippen LogP contribution is -2.25. The van der Waals surface area contributed by atoms with E-state index in [2.05, 4.69) is 22.8 Å². The van der Waals surface area contributed by atoms with Crippen molar-refractivity contribution in [1.29, 1.82) is 5.26 Å². The number of rotatable bonds is 9. The predicted molar refractivity (Wildman–Crippen MR) is 101 cm³/mol. The second kappa shape index (κ2) is 10.6. The van der Waals surface area contributed by atoms with Crippen LogP contribution in [0.3, 0.4) is 0 Å². The van der Waals surface area contributed by atoms with E-state index >= 15 is 0 Å². The second-order valence-corrected chi connectivity index (χ2v) is 5.74. The fraction of sp³-hybridized carbons (Fsp3) is 0.238. The van der Waals surface area contributed by atoms with Gasteiger partial charge in [0.1, 0.15) is 17.4 Å². The number of amides is 1. The third-order valence-electron chi connectivity index (χ3n) is 3.85. The van der Waals surface area contributed by atoms with Crippen LogP contribution in [0.1, 0.15) is 17.5 Å². The summed E-state index contributed by atoms with van der Waals surface area (Å²) in [5.41, 5.74) is 2.28. The SMILES string of the molecule is COc1ccc(CNC(=O)/C(C#N)=C\NCCCc2ccccc2)cc1. The fourth-order valence-corrected chi connectivity index (χ4v) is 2.38. The van der Waals surface area contributed by atoms with E-state index in [0.717, 1.165) is 24.2 Å². The molecule has 0 aliphatic heterocycles. The van der Waals surface area contributed by atoms with E-state index < -0.39 is 0 Å². The van der Waals surface area contributed by atoms with Crippen LogP contribution in [0.5, 0.6) is 5.75 Å². The first-order valence-corrected chi connectivity index (χ1v) is 8.51. The quantitative estimate of drug-likeness (QED) is 0.415. The predicted octanol–water partition coefficient (Wildman–Crippen LogP) is 2.94. The molecular weight excluding hydrogens is 326 g/mol. The topological polar surface area (TPSA) is 74.1 Å². The zero-order valence-corrected chi connectivity index (χ0v) is 14.9. The van der Waals surface area contributed by atoms with Crippen molar-refractivity contribution in [3.05, 3.63) is 77.5 Å². The highest BCUT2D eigenvalue weighted by Crippen LogP contribution is 2.11. The monoisotopic (exact) mass is 349 g/mol. The van der Waals surface area contributed by atoms with Crippen molar-refractivity contribution in [2.24, 2.45) is 0 Å². The maximum atomic E-state index is 12.1. The maximum Gasteiger partial charge on any atom is 0.263 e. The first-order chi connectivity index (χ1) is 12.7. The summed E-state index contributed by atoms with van der Waals surface area (Å²) in [6.07, 6.45) is 3.36. The van der Waals surface area contributed by atoms with Gasteiger partial charge in [-0.15, -0.1) is 0 Å². The Morgan fingerprint density at radius 1 is 1.12 bits per heavy atom. The van der Waals surface area contributed by atoms with Crippen LogP contribution in [0.2, 0.25) is 0 Å². The van der Waals surface area contributed by atoms with E-state index in [1.54, 1.807) is 7.11 Å². The molecule has 0 saturated heterocycles. The molecule has 5 heteroatoms. The van der Waals surface area contributed by atoms with Crippen molar-refractivity contribution in [3.8, 4) is 11.8 Å². The third kappa shape index (κ3) is 6.33. The zero-order valence-electron chi connectivity index (χ0n) is 14.9. The number of methoxy groups -OCH3 is 1. The molecule has 2 rings (SSSR count). The molecule has 0 saturated carbocycles. The molecule has 0 atom stereocenters. The number of nitrogens with zero attached hydrogens (tertiary/aromatic N) is 1. The average Bonchev–Trinajstić information content (AvgIpc) is 2.70. The van der Waals surface area contributed by atoms with Crippen LogP contribution < -0.4 is 15.4 Å². The van der Waals surface area contributed by atoms with Crippen molar-refractivity contribution in [2.45, 2.75) is 19.4 Å². The van der Waals surface area contributed by atoms with Crippen LogP contribution in [0.4, 0.5) is 0 Å². The van der Waals surface area contributed by atoms with E-state index in [4.69, 9.17) is 10.00 Å². The molecule has 0 bridgehead atoms. The third-order valence-corrected chi connectivity index (χ3v) is 3.85. The smallest absolute Gasteiger partial charge is 0.263 e. The number of benzene rings is 2. The summed E-state index contributed by atoms with van der Waals surface area (Å²) in [5, 5.41) is 14.9. The van der Waals surface area contributed by atoms with E-state index in [1.165, 1.54) is 11.8 Å². The summed E-state index contributed by atoms with van der Waals surface area (Å²) in [7, 11) is 1.60. The lowest BCUT2D eigenvalue weighted by Gasteiger charge is -2.06. The first kappa shape index (κ1) is 19.1. The van der Waals surface area contributed by atoms with E-state index in [-0.39, 0.29) is 11.5 Å². The molecule has 2 N–H and O–H groups in total. The van der Waals surface area contributed by atoms with Crippen molar-refractivity contribution in [1.82, 2.24) is 10.6 Å². The van der Waals surface area contributed by atoms with E-state index in [9.17, 15) is 4.79 Å². The normalized spacial score (nSPS) is 10.7. The number of hydrogen-bond donors (Lipinski definition) is 2. The highest BCUT2D eigenvalue weighted by atomic mass is 16.5. The number of nitrogens with one attached hydrogen (secondary N) is 2. The molecule has 26 heavy (non-hydrogen) atoms. The highest BCUT2D eigenvalue weighted by Gasteiger charge is 2.08. The van der Waals surface area contributed by atoms with Gasteiger partial charge < -0.3 is 15.4 Å². The van der Waals surface area contributed by atoms with E-state index in [0.29, 0.717) is 13.1 Å². The van der Waals surface area contributed by atoms with Crippen LogP contribution in [-0.2, 0) is 17.8 Å². The van der Waals surface area contributed by atoms with Gasteiger partial charge in [-0.25, -0.2) is 0 Å². The van der Waals surface area contributed by atoms with Gasteiger partial charge in [-0.05, 0) is 36.1 Å². The minimum Gasteiger partial charge on any atom is -0.497 e. The van der Waals surface area contributed by atoms with Crippen molar-refractivity contribution < 1.29 is 9.53 Å². The molecule has 0 unspecified atom stereocenters. The molecule has 2 aromatic rings. The van der Waals surface area contributed by atoms with Crippen LogP contribution in [-0.4, -0.2) is 19.6 Å². The maximum absolute atomic E-state index is 12.1. The number of nitriles is 1. The summed E-state index contributed by atoms with van der Waals surface area (Å²) >= 11 is 0. The van der Waals surface area contributed by atoms with E-state index in [1.807, 2.05) is 48.5 Å². The van der Waals surface area contributed by atoms with Gasteiger partial charge in [0.15, 0.2) is 0 Å². The Bertz CT molecular complexity index is 762. The lowest BCUT2D eigenvalue weighted by atomic mass is 10.1. The van der Waals surface area contributed by atoms with Gasteiger partial charge in [0.05, 0.1) is 7.11 Å². The summed E-state index contributed by atoms with van der Waals surface area (Å²) in [6, 6.07) is 19.5. The molecule has 5 nitrogen and oxygen atoms in total. The summed E-state index contributed by atoms with van der Waals surface area (Å²) in [4.78, 5) is 12.1.